The summed E-state index contributed by atoms with van der Waals surface area (Å²) in [7, 11) is 4.14. The van der Waals surface area contributed by atoms with Crippen molar-refractivity contribution in [3.05, 3.63) is 77.1 Å². The Labute approximate surface area is 236 Å². The molecule has 6 nitrogen and oxygen atoms in total. The van der Waals surface area contributed by atoms with Gasteiger partial charge in [-0.05, 0) is 104 Å². The molecule has 204 valence electrons. The second-order valence-electron chi connectivity index (χ2n) is 12.7. The minimum absolute atomic E-state index is 0.117. The van der Waals surface area contributed by atoms with Gasteiger partial charge in [-0.2, -0.15) is 0 Å². The van der Waals surface area contributed by atoms with Crippen molar-refractivity contribution in [2.75, 3.05) is 33.7 Å². The van der Waals surface area contributed by atoms with Gasteiger partial charge >= 0.3 is 0 Å². The van der Waals surface area contributed by atoms with Crippen molar-refractivity contribution in [1.29, 1.82) is 0 Å². The van der Waals surface area contributed by atoms with E-state index in [1.165, 1.54) is 49.8 Å². The van der Waals surface area contributed by atoms with Crippen molar-refractivity contribution < 1.29 is 4.79 Å². The second kappa shape index (κ2) is 9.28. The number of amides is 1. The summed E-state index contributed by atoms with van der Waals surface area (Å²) in [5.41, 5.74) is 11.1. The Balaban J connectivity index is 1.10. The van der Waals surface area contributed by atoms with Crippen molar-refractivity contribution >= 4 is 16.9 Å². The third-order valence-electron chi connectivity index (χ3n) is 9.84. The van der Waals surface area contributed by atoms with E-state index in [9.17, 15) is 4.79 Å². The molecule has 2 fully saturated rings. The maximum Gasteiger partial charge on any atom is 0.253 e. The van der Waals surface area contributed by atoms with Gasteiger partial charge in [-0.3, -0.25) is 9.69 Å². The number of aromatic amines is 1. The number of aromatic nitrogens is 2. The highest BCUT2D eigenvalue weighted by Gasteiger charge is 2.37. The van der Waals surface area contributed by atoms with Crippen molar-refractivity contribution in [3.8, 4) is 22.3 Å². The first-order chi connectivity index (χ1) is 19.5. The summed E-state index contributed by atoms with van der Waals surface area (Å²) in [5, 5.41) is 1.12. The minimum Gasteiger partial charge on any atom is -0.346 e. The molecular weight excluding hydrogens is 494 g/mol. The fraction of sp³-hybridized carbons (Fsp3) is 0.412. The monoisotopic (exact) mass is 531 g/mol. The number of fused-ring (bicyclic) bond motifs is 1. The number of hydrogen-bond donors (Lipinski definition) is 1. The highest BCUT2D eigenvalue weighted by molar-refractivity contribution is 5.98. The molecule has 2 aromatic heterocycles. The molecule has 8 rings (SSSR count). The molecule has 0 radical (unpaired) electrons. The lowest BCUT2D eigenvalue weighted by Crippen LogP contribution is -2.59. The van der Waals surface area contributed by atoms with E-state index in [0.29, 0.717) is 12.0 Å². The number of benzene rings is 2. The van der Waals surface area contributed by atoms with Crippen LogP contribution in [0.25, 0.3) is 33.3 Å². The molecule has 1 saturated carbocycles. The number of likely N-dealkylation sites (N-methyl/N-ethyl adjacent to an activating group) is 1. The van der Waals surface area contributed by atoms with Crippen LogP contribution in [0.3, 0.4) is 0 Å². The lowest BCUT2D eigenvalue weighted by atomic mass is 9.76. The predicted molar refractivity (Wildman–Crippen MR) is 159 cm³/mol. The fourth-order valence-corrected chi connectivity index (χ4v) is 7.28. The number of carbonyl (C=O) groups is 1. The van der Waals surface area contributed by atoms with Crippen LogP contribution in [-0.4, -0.2) is 76.4 Å². The molecule has 2 aliphatic carbocycles. The van der Waals surface area contributed by atoms with Crippen LogP contribution < -0.4 is 0 Å². The van der Waals surface area contributed by atoms with Crippen LogP contribution in [0.15, 0.2) is 54.9 Å². The normalized spacial score (nSPS) is 21.1. The molecule has 1 saturated heterocycles. The van der Waals surface area contributed by atoms with Gasteiger partial charge in [-0.15, -0.1) is 0 Å². The lowest BCUT2D eigenvalue weighted by molar-refractivity contribution is 0.0399. The van der Waals surface area contributed by atoms with Gasteiger partial charge in [0.05, 0.1) is 0 Å². The summed E-state index contributed by atoms with van der Waals surface area (Å²) in [4.78, 5) is 28.0. The van der Waals surface area contributed by atoms with E-state index in [1.807, 2.05) is 29.4 Å². The smallest absolute Gasteiger partial charge is 0.253 e. The molecule has 1 atom stereocenters. The Kier molecular flexibility index (Phi) is 5.65. The number of hydrogen-bond acceptors (Lipinski definition) is 4. The number of pyridine rings is 1. The Hall–Kier alpha value is -3.48. The summed E-state index contributed by atoms with van der Waals surface area (Å²) in [5.74, 6) is 0.829. The molecule has 2 aromatic carbocycles. The average Bonchev–Trinajstić information content (AvgIpc) is 3.71. The Bertz CT molecular complexity index is 1610. The number of carbonyl (C=O) groups excluding carboxylic acids is 1. The lowest BCUT2D eigenvalue weighted by Gasteiger charge is -2.42. The van der Waals surface area contributed by atoms with Gasteiger partial charge in [0.25, 0.3) is 5.91 Å². The zero-order valence-electron chi connectivity index (χ0n) is 23.5. The van der Waals surface area contributed by atoms with Gasteiger partial charge in [0.2, 0.25) is 0 Å². The maximum absolute atomic E-state index is 12.9. The fourth-order valence-electron chi connectivity index (χ4n) is 7.28. The third-order valence-corrected chi connectivity index (χ3v) is 9.84. The maximum atomic E-state index is 12.9. The van der Waals surface area contributed by atoms with Crippen LogP contribution in [0.2, 0.25) is 0 Å². The standard InChI is InChI=1S/C34H37N5O/c1-37(2)29-19-39(20-29)34(40)22-8-6-21(7-9-22)31-16-36-33-30(31)14-26(15-35-33)25-12-23-4-3-5-24-17-38(28-10-11-28)18-27(13-25)32(23)24/h6-9,12-16,24,28-29H,3-5,10-11,17-20H2,1-2H3,(H,35,36). The van der Waals surface area contributed by atoms with Gasteiger partial charge in [-0.25, -0.2) is 4.98 Å². The molecule has 2 aliphatic heterocycles. The van der Waals surface area contributed by atoms with Crippen molar-refractivity contribution in [2.24, 2.45) is 0 Å². The summed E-state index contributed by atoms with van der Waals surface area (Å²) in [6.07, 6.45) is 10.6. The van der Waals surface area contributed by atoms with Crippen molar-refractivity contribution in [3.63, 3.8) is 0 Å². The van der Waals surface area contributed by atoms with Crippen LogP contribution in [0.1, 0.15) is 58.6 Å². The number of nitrogens with one attached hydrogen (secondary N) is 1. The molecule has 1 amide bonds. The van der Waals surface area contributed by atoms with Gasteiger partial charge in [0.1, 0.15) is 5.65 Å². The van der Waals surface area contributed by atoms with E-state index in [2.05, 4.69) is 59.2 Å². The van der Waals surface area contributed by atoms with Crippen LogP contribution in [-0.2, 0) is 13.0 Å². The molecule has 4 aliphatic rings. The van der Waals surface area contributed by atoms with Gasteiger partial charge in [-0.1, -0.05) is 18.2 Å². The summed E-state index contributed by atoms with van der Waals surface area (Å²) < 4.78 is 0. The SMILES string of the molecule is CN(C)C1CN(C(=O)c2ccc(-c3c[nH]c4ncc(-c5cc6c7c(c5)CN(C5CC5)CC7CCC6)cc34)cc2)C1. The van der Waals surface area contributed by atoms with Crippen LogP contribution >= 0.6 is 0 Å². The molecule has 0 spiro atoms. The topological polar surface area (TPSA) is 55.5 Å². The van der Waals surface area contributed by atoms with Crippen LogP contribution in [0.5, 0.6) is 0 Å². The van der Waals surface area contributed by atoms with E-state index in [-0.39, 0.29) is 5.91 Å². The first kappa shape index (κ1) is 24.3. The van der Waals surface area contributed by atoms with E-state index >= 15 is 0 Å². The molecule has 40 heavy (non-hydrogen) atoms. The van der Waals surface area contributed by atoms with Gasteiger partial charge < -0.3 is 14.8 Å². The first-order valence-corrected chi connectivity index (χ1v) is 14.9. The van der Waals surface area contributed by atoms with E-state index in [1.54, 1.807) is 16.7 Å². The van der Waals surface area contributed by atoms with Gasteiger partial charge in [0, 0.05) is 72.7 Å². The first-order valence-electron chi connectivity index (χ1n) is 14.9. The molecule has 1 N–H and O–H groups in total. The van der Waals surface area contributed by atoms with E-state index < -0.39 is 0 Å². The number of nitrogens with zero attached hydrogens (tertiary/aromatic N) is 4. The zero-order chi connectivity index (χ0) is 27.0. The quantitative estimate of drug-likeness (QED) is 0.360. The molecular formula is C34H37N5O. The Morgan fingerprint density at radius 1 is 0.950 bits per heavy atom. The number of aryl methyl sites for hydroxylation is 1. The number of likely N-dealkylation sites (tertiary alicyclic amines) is 1. The Morgan fingerprint density at radius 3 is 2.52 bits per heavy atom. The molecule has 4 aromatic rings. The predicted octanol–water partition coefficient (Wildman–Crippen LogP) is 5.68. The number of H-pyrrole nitrogens is 1. The van der Waals surface area contributed by atoms with Crippen LogP contribution in [0.4, 0.5) is 0 Å². The van der Waals surface area contributed by atoms with Crippen molar-refractivity contribution in [2.45, 2.75) is 56.7 Å². The highest BCUT2D eigenvalue weighted by atomic mass is 16.2. The molecule has 1 unspecified atom stereocenters. The average molecular weight is 532 g/mol. The minimum atomic E-state index is 0.117. The third kappa shape index (κ3) is 4.08. The zero-order valence-corrected chi connectivity index (χ0v) is 23.5. The highest BCUT2D eigenvalue weighted by Crippen LogP contribution is 2.44. The summed E-state index contributed by atoms with van der Waals surface area (Å²) >= 11 is 0. The Morgan fingerprint density at radius 2 is 1.75 bits per heavy atom. The van der Waals surface area contributed by atoms with E-state index in [4.69, 9.17) is 4.98 Å². The largest absolute Gasteiger partial charge is 0.346 e. The second-order valence-corrected chi connectivity index (χ2v) is 12.7. The summed E-state index contributed by atoms with van der Waals surface area (Å²) in [6, 6.07) is 16.5. The molecule has 6 heteroatoms. The summed E-state index contributed by atoms with van der Waals surface area (Å²) in [6.45, 7) is 3.95. The molecule has 0 bridgehead atoms. The van der Waals surface area contributed by atoms with E-state index in [0.717, 1.165) is 53.4 Å². The molecule has 4 heterocycles. The van der Waals surface area contributed by atoms with Gasteiger partial charge in [0.15, 0.2) is 0 Å². The number of rotatable bonds is 5. The van der Waals surface area contributed by atoms with Crippen molar-refractivity contribution in [1.82, 2.24) is 24.7 Å². The van der Waals surface area contributed by atoms with Crippen LogP contribution in [0, 0.1) is 0 Å².